The number of hydrogen-bond acceptors (Lipinski definition) is 4. The highest BCUT2D eigenvalue weighted by atomic mass is 32.1. The minimum atomic E-state index is -0.991. The standard InChI is InChI=1S/C13H11NO3S/c15-13(16)4-2-11-1-3-12(7-14-11)17-8-10-5-6-18-9-10/h1-7,9H,8H2,(H,15,16). The maximum atomic E-state index is 10.3. The summed E-state index contributed by atoms with van der Waals surface area (Å²) in [5.41, 5.74) is 1.70. The van der Waals surface area contributed by atoms with Crippen LogP contribution < -0.4 is 4.74 Å². The Morgan fingerprint density at radius 2 is 2.33 bits per heavy atom. The predicted octanol–water partition coefficient (Wildman–Crippen LogP) is 2.82. The van der Waals surface area contributed by atoms with Gasteiger partial charge in [-0.3, -0.25) is 4.98 Å². The Kier molecular flexibility index (Phi) is 4.09. The zero-order valence-electron chi connectivity index (χ0n) is 9.45. The maximum Gasteiger partial charge on any atom is 0.328 e. The molecule has 2 aromatic heterocycles. The number of hydrogen-bond donors (Lipinski definition) is 1. The molecule has 0 aliphatic heterocycles. The number of rotatable bonds is 5. The van der Waals surface area contributed by atoms with Gasteiger partial charge in [0.2, 0.25) is 0 Å². The molecule has 2 rings (SSSR count). The number of pyridine rings is 1. The summed E-state index contributed by atoms with van der Waals surface area (Å²) in [6, 6.07) is 5.48. The van der Waals surface area contributed by atoms with E-state index in [-0.39, 0.29) is 0 Å². The third kappa shape index (κ3) is 3.71. The van der Waals surface area contributed by atoms with Crippen LogP contribution in [-0.2, 0) is 11.4 Å². The van der Waals surface area contributed by atoms with Crippen LogP contribution in [0.15, 0.2) is 41.2 Å². The molecule has 5 heteroatoms. The number of aromatic nitrogens is 1. The van der Waals surface area contributed by atoms with Crippen LogP contribution in [0.2, 0.25) is 0 Å². The quantitative estimate of drug-likeness (QED) is 0.841. The van der Waals surface area contributed by atoms with E-state index in [2.05, 4.69) is 4.98 Å². The van der Waals surface area contributed by atoms with E-state index in [9.17, 15) is 4.79 Å². The number of nitrogens with zero attached hydrogens (tertiary/aromatic N) is 1. The molecule has 2 heterocycles. The molecule has 2 aromatic rings. The summed E-state index contributed by atoms with van der Waals surface area (Å²) in [4.78, 5) is 14.4. The van der Waals surface area contributed by atoms with E-state index in [1.54, 1.807) is 29.7 Å². The number of ether oxygens (including phenoxy) is 1. The van der Waals surface area contributed by atoms with Crippen molar-refractivity contribution in [2.45, 2.75) is 6.61 Å². The van der Waals surface area contributed by atoms with Gasteiger partial charge in [0.15, 0.2) is 0 Å². The van der Waals surface area contributed by atoms with Gasteiger partial charge in [0.05, 0.1) is 11.9 Å². The Morgan fingerprint density at radius 1 is 1.44 bits per heavy atom. The molecule has 0 saturated heterocycles. The highest BCUT2D eigenvalue weighted by Gasteiger charge is 1.97. The largest absolute Gasteiger partial charge is 0.487 e. The molecule has 0 unspecified atom stereocenters. The monoisotopic (exact) mass is 261 g/mol. The van der Waals surface area contributed by atoms with Gasteiger partial charge in [-0.25, -0.2) is 4.79 Å². The summed E-state index contributed by atoms with van der Waals surface area (Å²) in [6.07, 6.45) is 4.06. The van der Waals surface area contributed by atoms with Gasteiger partial charge >= 0.3 is 5.97 Å². The van der Waals surface area contributed by atoms with Crippen molar-refractivity contribution in [1.82, 2.24) is 4.98 Å². The van der Waals surface area contributed by atoms with Crippen molar-refractivity contribution in [3.63, 3.8) is 0 Å². The van der Waals surface area contributed by atoms with E-state index >= 15 is 0 Å². The molecule has 0 fully saturated rings. The lowest BCUT2D eigenvalue weighted by Crippen LogP contribution is -1.94. The van der Waals surface area contributed by atoms with Crippen molar-refractivity contribution in [3.05, 3.63) is 52.5 Å². The minimum absolute atomic E-state index is 0.509. The van der Waals surface area contributed by atoms with E-state index in [0.29, 0.717) is 18.1 Å². The lowest BCUT2D eigenvalue weighted by Gasteiger charge is -2.04. The van der Waals surface area contributed by atoms with Crippen LogP contribution in [0.5, 0.6) is 5.75 Å². The molecule has 0 aromatic carbocycles. The van der Waals surface area contributed by atoms with Gasteiger partial charge in [-0.15, -0.1) is 0 Å². The van der Waals surface area contributed by atoms with Gasteiger partial charge in [-0.2, -0.15) is 11.3 Å². The topological polar surface area (TPSA) is 59.4 Å². The van der Waals surface area contributed by atoms with E-state index in [1.807, 2.05) is 16.8 Å². The summed E-state index contributed by atoms with van der Waals surface area (Å²) in [7, 11) is 0. The fraction of sp³-hybridized carbons (Fsp3) is 0.0769. The van der Waals surface area contributed by atoms with Crippen LogP contribution in [0.25, 0.3) is 6.08 Å². The Balaban J connectivity index is 1.93. The van der Waals surface area contributed by atoms with Gasteiger partial charge in [0, 0.05) is 6.08 Å². The summed E-state index contributed by atoms with van der Waals surface area (Å²) in [5.74, 6) is -0.330. The Hall–Kier alpha value is -2.14. The first kappa shape index (κ1) is 12.3. The highest BCUT2D eigenvalue weighted by Crippen LogP contribution is 2.14. The van der Waals surface area contributed by atoms with Crippen LogP contribution in [0.4, 0.5) is 0 Å². The summed E-state index contributed by atoms with van der Waals surface area (Å²) in [5, 5.41) is 12.5. The molecule has 1 N–H and O–H groups in total. The molecule has 0 atom stereocenters. The first-order valence-electron chi connectivity index (χ1n) is 5.25. The first-order valence-corrected chi connectivity index (χ1v) is 6.19. The molecular weight excluding hydrogens is 250 g/mol. The van der Waals surface area contributed by atoms with Crippen LogP contribution in [0.3, 0.4) is 0 Å². The van der Waals surface area contributed by atoms with Gasteiger partial charge < -0.3 is 9.84 Å². The Morgan fingerprint density at radius 3 is 2.94 bits per heavy atom. The highest BCUT2D eigenvalue weighted by molar-refractivity contribution is 7.07. The third-order valence-electron chi connectivity index (χ3n) is 2.14. The predicted molar refractivity (Wildman–Crippen MR) is 69.6 cm³/mol. The Labute approximate surface area is 108 Å². The third-order valence-corrected chi connectivity index (χ3v) is 2.87. The zero-order chi connectivity index (χ0) is 12.8. The van der Waals surface area contributed by atoms with E-state index in [4.69, 9.17) is 9.84 Å². The van der Waals surface area contributed by atoms with Crippen molar-refractivity contribution in [3.8, 4) is 5.75 Å². The molecule has 0 radical (unpaired) electrons. The SMILES string of the molecule is O=C(O)C=Cc1ccc(OCc2ccsc2)cn1. The second kappa shape index (κ2) is 5.97. The minimum Gasteiger partial charge on any atom is -0.487 e. The molecule has 0 saturated carbocycles. The molecule has 18 heavy (non-hydrogen) atoms. The molecule has 0 aliphatic rings. The average Bonchev–Trinajstić information content (AvgIpc) is 2.88. The molecule has 0 bridgehead atoms. The van der Waals surface area contributed by atoms with Gasteiger partial charge in [0.1, 0.15) is 12.4 Å². The second-order valence-electron chi connectivity index (χ2n) is 3.51. The van der Waals surface area contributed by atoms with Crippen LogP contribution in [0.1, 0.15) is 11.3 Å². The first-order chi connectivity index (χ1) is 8.74. The van der Waals surface area contributed by atoms with Crippen molar-refractivity contribution in [2.24, 2.45) is 0 Å². The van der Waals surface area contributed by atoms with Crippen LogP contribution in [-0.4, -0.2) is 16.1 Å². The van der Waals surface area contributed by atoms with Gasteiger partial charge in [-0.05, 0) is 40.6 Å². The van der Waals surface area contributed by atoms with Crippen LogP contribution >= 0.6 is 11.3 Å². The van der Waals surface area contributed by atoms with Gasteiger partial charge in [0.25, 0.3) is 0 Å². The smallest absolute Gasteiger partial charge is 0.328 e. The normalized spacial score (nSPS) is 10.7. The van der Waals surface area contributed by atoms with Gasteiger partial charge in [-0.1, -0.05) is 0 Å². The second-order valence-corrected chi connectivity index (χ2v) is 4.29. The zero-order valence-corrected chi connectivity index (χ0v) is 10.3. The van der Waals surface area contributed by atoms with E-state index in [1.165, 1.54) is 6.08 Å². The fourth-order valence-corrected chi connectivity index (χ4v) is 1.93. The van der Waals surface area contributed by atoms with Crippen LogP contribution in [0, 0.1) is 0 Å². The lowest BCUT2D eigenvalue weighted by atomic mass is 10.3. The number of aliphatic carboxylic acids is 1. The molecule has 4 nitrogen and oxygen atoms in total. The Bertz CT molecular complexity index is 532. The van der Waals surface area contributed by atoms with Crippen molar-refractivity contribution >= 4 is 23.4 Å². The molecule has 92 valence electrons. The van der Waals surface area contributed by atoms with Crippen molar-refractivity contribution in [2.75, 3.05) is 0 Å². The summed E-state index contributed by atoms with van der Waals surface area (Å²) < 4.78 is 5.53. The molecule has 0 aliphatic carbocycles. The summed E-state index contributed by atoms with van der Waals surface area (Å²) >= 11 is 1.63. The molecule has 0 amide bonds. The molecular formula is C13H11NO3S. The fourth-order valence-electron chi connectivity index (χ4n) is 1.27. The number of thiophene rings is 1. The molecule has 0 spiro atoms. The summed E-state index contributed by atoms with van der Waals surface area (Å²) in [6.45, 7) is 0.509. The maximum absolute atomic E-state index is 10.3. The number of carboxylic acid groups (broad SMARTS) is 1. The van der Waals surface area contributed by atoms with E-state index in [0.717, 1.165) is 11.6 Å². The van der Waals surface area contributed by atoms with E-state index < -0.39 is 5.97 Å². The van der Waals surface area contributed by atoms with Crippen molar-refractivity contribution < 1.29 is 14.6 Å². The number of carboxylic acids is 1. The lowest BCUT2D eigenvalue weighted by molar-refractivity contribution is -0.131. The average molecular weight is 261 g/mol. The number of carbonyl (C=O) groups is 1. The van der Waals surface area contributed by atoms with Crippen molar-refractivity contribution in [1.29, 1.82) is 0 Å².